The van der Waals surface area contributed by atoms with Gasteiger partial charge in [0.25, 0.3) is 5.69 Å². The van der Waals surface area contributed by atoms with Crippen LogP contribution in [0.5, 0.6) is 0 Å². The average Bonchev–Trinajstić information content (AvgIpc) is 2.81. The Morgan fingerprint density at radius 1 is 0.938 bits per heavy atom. The number of fused-ring (bicyclic) bond motifs is 3. The van der Waals surface area contributed by atoms with E-state index in [9.17, 15) is 14.9 Å². The van der Waals surface area contributed by atoms with E-state index in [0.717, 1.165) is 38.7 Å². The third-order valence-corrected chi connectivity index (χ3v) is 6.36. The SMILES string of the molecule is Cc1ccccc1CN1C(=O)CC(c2ccc([N+](=O)[O-])cc2)c2c1ccc1ccccc21. The molecule has 1 heterocycles. The maximum Gasteiger partial charge on any atom is 0.269 e. The van der Waals surface area contributed by atoms with E-state index in [0.29, 0.717) is 13.0 Å². The molecule has 0 aromatic heterocycles. The lowest BCUT2D eigenvalue weighted by Gasteiger charge is -2.35. The Kier molecular flexibility index (Phi) is 4.94. The molecule has 1 amide bonds. The van der Waals surface area contributed by atoms with Crippen LogP contribution >= 0.6 is 0 Å². The van der Waals surface area contributed by atoms with Crippen LogP contribution in [-0.4, -0.2) is 10.8 Å². The predicted octanol–water partition coefficient (Wildman–Crippen LogP) is 6.13. The third kappa shape index (κ3) is 3.42. The van der Waals surface area contributed by atoms with Crippen molar-refractivity contribution < 1.29 is 9.72 Å². The van der Waals surface area contributed by atoms with Gasteiger partial charge >= 0.3 is 0 Å². The van der Waals surface area contributed by atoms with Crippen molar-refractivity contribution in [3.63, 3.8) is 0 Å². The van der Waals surface area contributed by atoms with Crippen LogP contribution in [-0.2, 0) is 11.3 Å². The number of nitro groups is 1. The van der Waals surface area contributed by atoms with Gasteiger partial charge in [-0.25, -0.2) is 0 Å². The number of hydrogen-bond donors (Lipinski definition) is 0. The molecule has 0 spiro atoms. The zero-order chi connectivity index (χ0) is 22.2. The van der Waals surface area contributed by atoms with Crippen LogP contribution in [0.15, 0.2) is 84.9 Å². The summed E-state index contributed by atoms with van der Waals surface area (Å²) in [4.78, 5) is 26.0. The normalized spacial score (nSPS) is 15.6. The van der Waals surface area contributed by atoms with Gasteiger partial charge in [-0.3, -0.25) is 14.9 Å². The second-order valence-corrected chi connectivity index (χ2v) is 8.23. The van der Waals surface area contributed by atoms with Crippen LogP contribution in [0.1, 0.15) is 34.6 Å². The first kappa shape index (κ1) is 19.9. The number of hydrogen-bond acceptors (Lipinski definition) is 3. The minimum absolute atomic E-state index is 0.0511. The van der Waals surface area contributed by atoms with Crippen LogP contribution in [0, 0.1) is 17.0 Å². The Morgan fingerprint density at radius 2 is 1.66 bits per heavy atom. The summed E-state index contributed by atoms with van der Waals surface area (Å²) < 4.78 is 0. The summed E-state index contributed by atoms with van der Waals surface area (Å²) in [5.41, 5.74) is 5.25. The van der Waals surface area contributed by atoms with Crippen LogP contribution in [0.2, 0.25) is 0 Å². The molecular weight excluding hydrogens is 400 g/mol. The van der Waals surface area contributed by atoms with Crippen molar-refractivity contribution in [2.75, 3.05) is 4.90 Å². The molecular formula is C27H22N2O3. The smallest absolute Gasteiger partial charge is 0.269 e. The highest BCUT2D eigenvalue weighted by atomic mass is 16.6. The molecule has 4 aromatic rings. The van der Waals surface area contributed by atoms with Crippen molar-refractivity contribution in [1.29, 1.82) is 0 Å². The van der Waals surface area contributed by atoms with Gasteiger partial charge in [0.1, 0.15) is 0 Å². The predicted molar refractivity (Wildman–Crippen MR) is 126 cm³/mol. The summed E-state index contributed by atoms with van der Waals surface area (Å²) in [6.45, 7) is 2.58. The van der Waals surface area contributed by atoms with E-state index >= 15 is 0 Å². The fourth-order valence-electron chi connectivity index (χ4n) is 4.65. The summed E-state index contributed by atoms with van der Waals surface area (Å²) >= 11 is 0. The first-order chi connectivity index (χ1) is 15.5. The van der Waals surface area contributed by atoms with Crippen molar-refractivity contribution in [3.8, 4) is 0 Å². The average molecular weight is 422 g/mol. The number of benzene rings is 4. The molecule has 0 N–H and O–H groups in total. The van der Waals surface area contributed by atoms with E-state index in [-0.39, 0.29) is 17.5 Å². The van der Waals surface area contributed by atoms with Crippen molar-refractivity contribution in [2.24, 2.45) is 0 Å². The van der Waals surface area contributed by atoms with E-state index in [4.69, 9.17) is 0 Å². The molecule has 5 heteroatoms. The topological polar surface area (TPSA) is 63.5 Å². The van der Waals surface area contributed by atoms with Crippen molar-refractivity contribution >= 4 is 28.1 Å². The zero-order valence-electron chi connectivity index (χ0n) is 17.7. The van der Waals surface area contributed by atoms with E-state index in [1.807, 2.05) is 35.2 Å². The highest BCUT2D eigenvalue weighted by Gasteiger charge is 2.34. The van der Waals surface area contributed by atoms with Crippen LogP contribution in [0.3, 0.4) is 0 Å². The lowest BCUT2D eigenvalue weighted by atomic mass is 9.81. The second kappa shape index (κ2) is 7.93. The standard InChI is InChI=1S/C27H22N2O3/c1-18-6-2-3-8-21(18)17-28-25-15-12-19-7-4-5-9-23(19)27(25)24(16-26(28)30)20-10-13-22(14-11-20)29(31)32/h2-15,24H,16-17H2,1H3. The number of nitro benzene ring substituents is 1. The lowest BCUT2D eigenvalue weighted by molar-refractivity contribution is -0.384. The summed E-state index contributed by atoms with van der Waals surface area (Å²) in [5.74, 6) is -0.100. The Labute approximate surface area is 186 Å². The largest absolute Gasteiger partial charge is 0.308 e. The Balaban J connectivity index is 1.66. The highest BCUT2D eigenvalue weighted by Crippen LogP contribution is 2.44. The van der Waals surface area contributed by atoms with Gasteiger partial charge in [0.2, 0.25) is 5.91 Å². The number of non-ortho nitro benzene ring substituents is 1. The molecule has 32 heavy (non-hydrogen) atoms. The molecule has 1 aliphatic heterocycles. The fourth-order valence-corrected chi connectivity index (χ4v) is 4.65. The van der Waals surface area contributed by atoms with Crippen molar-refractivity contribution in [3.05, 3.63) is 117 Å². The van der Waals surface area contributed by atoms with Crippen LogP contribution in [0.4, 0.5) is 11.4 Å². The number of nitrogens with zero attached hydrogens (tertiary/aromatic N) is 2. The summed E-state index contributed by atoms with van der Waals surface area (Å²) in [6, 6.07) is 27.0. The van der Waals surface area contributed by atoms with Gasteiger partial charge in [-0.15, -0.1) is 0 Å². The number of carbonyl (C=O) groups is 1. The maximum atomic E-state index is 13.4. The second-order valence-electron chi connectivity index (χ2n) is 8.23. The molecule has 0 saturated heterocycles. The number of carbonyl (C=O) groups excluding carboxylic acids is 1. The molecule has 1 atom stereocenters. The van der Waals surface area contributed by atoms with Gasteiger partial charge < -0.3 is 4.90 Å². The quantitative estimate of drug-likeness (QED) is 0.294. The fraction of sp³-hybridized carbons (Fsp3) is 0.148. The summed E-state index contributed by atoms with van der Waals surface area (Å²) in [5, 5.41) is 13.3. The van der Waals surface area contributed by atoms with Gasteiger partial charge in [-0.1, -0.05) is 66.7 Å². The van der Waals surface area contributed by atoms with E-state index < -0.39 is 4.92 Å². The van der Waals surface area contributed by atoms with Crippen molar-refractivity contribution in [1.82, 2.24) is 0 Å². The first-order valence-electron chi connectivity index (χ1n) is 10.6. The van der Waals surface area contributed by atoms with Gasteiger partial charge in [0.05, 0.1) is 11.5 Å². The number of aryl methyl sites for hydroxylation is 1. The molecule has 0 aliphatic carbocycles. The number of rotatable bonds is 4. The molecule has 1 aliphatic rings. The molecule has 1 unspecified atom stereocenters. The minimum atomic E-state index is -0.400. The Hall–Kier alpha value is -3.99. The van der Waals surface area contributed by atoms with Crippen molar-refractivity contribution in [2.45, 2.75) is 25.8 Å². The van der Waals surface area contributed by atoms with Crippen LogP contribution in [0.25, 0.3) is 10.8 Å². The number of anilines is 1. The minimum Gasteiger partial charge on any atom is -0.308 e. The van der Waals surface area contributed by atoms with Gasteiger partial charge in [-0.2, -0.15) is 0 Å². The first-order valence-corrected chi connectivity index (χ1v) is 10.6. The highest BCUT2D eigenvalue weighted by molar-refractivity contribution is 6.03. The molecule has 5 nitrogen and oxygen atoms in total. The van der Waals surface area contributed by atoms with E-state index in [1.54, 1.807) is 12.1 Å². The third-order valence-electron chi connectivity index (χ3n) is 6.36. The Bertz CT molecular complexity index is 1340. The molecule has 0 bridgehead atoms. The molecule has 0 fully saturated rings. The summed E-state index contributed by atoms with van der Waals surface area (Å²) in [6.07, 6.45) is 0.324. The van der Waals surface area contributed by atoms with Gasteiger partial charge in [-0.05, 0) is 46.0 Å². The van der Waals surface area contributed by atoms with E-state index in [1.165, 1.54) is 12.1 Å². The van der Waals surface area contributed by atoms with Crippen LogP contribution < -0.4 is 4.90 Å². The van der Waals surface area contributed by atoms with Gasteiger partial charge in [0, 0.05) is 30.2 Å². The maximum absolute atomic E-state index is 13.4. The molecule has 158 valence electrons. The zero-order valence-corrected chi connectivity index (χ0v) is 17.7. The lowest BCUT2D eigenvalue weighted by Crippen LogP contribution is -2.36. The monoisotopic (exact) mass is 422 g/mol. The molecule has 4 aromatic carbocycles. The van der Waals surface area contributed by atoms with E-state index in [2.05, 4.69) is 37.3 Å². The molecule has 0 saturated carbocycles. The number of amides is 1. The Morgan fingerprint density at radius 3 is 2.41 bits per heavy atom. The summed E-state index contributed by atoms with van der Waals surface area (Å²) in [7, 11) is 0. The molecule has 0 radical (unpaired) electrons. The molecule has 5 rings (SSSR count). The van der Waals surface area contributed by atoms with Gasteiger partial charge in [0.15, 0.2) is 0 Å².